The molecule has 96 valence electrons. The van der Waals surface area contributed by atoms with E-state index < -0.39 is 0 Å². The molecule has 0 aliphatic heterocycles. The van der Waals surface area contributed by atoms with Crippen LogP contribution in [-0.4, -0.2) is 22.1 Å². The lowest BCUT2D eigenvalue weighted by Gasteiger charge is -2.05. The summed E-state index contributed by atoms with van der Waals surface area (Å²) in [5.41, 5.74) is 2.36. The minimum absolute atomic E-state index is 0.850. The number of imidazole rings is 1. The molecule has 18 heavy (non-hydrogen) atoms. The van der Waals surface area contributed by atoms with Crippen LogP contribution in [0.1, 0.15) is 32.1 Å². The lowest BCUT2D eigenvalue weighted by Crippen LogP contribution is -2.17. The van der Waals surface area contributed by atoms with E-state index in [9.17, 15) is 0 Å². The number of aromatic nitrogens is 2. The average molecular weight is 243 g/mol. The van der Waals surface area contributed by atoms with Gasteiger partial charge in [0.1, 0.15) is 0 Å². The van der Waals surface area contributed by atoms with Gasteiger partial charge in [0, 0.05) is 12.6 Å². The zero-order valence-electron chi connectivity index (χ0n) is 10.8. The molecule has 0 spiro atoms. The van der Waals surface area contributed by atoms with Crippen LogP contribution in [0.3, 0.4) is 0 Å². The molecule has 1 saturated carbocycles. The molecular formula is C15H21N3. The summed E-state index contributed by atoms with van der Waals surface area (Å²) in [6.45, 7) is 2.28. The number of nitrogens with zero attached hydrogens (tertiary/aromatic N) is 2. The van der Waals surface area contributed by atoms with Crippen LogP contribution < -0.4 is 5.32 Å². The Kier molecular flexibility index (Phi) is 3.60. The van der Waals surface area contributed by atoms with Gasteiger partial charge in [0.05, 0.1) is 17.4 Å². The third kappa shape index (κ3) is 2.91. The first kappa shape index (κ1) is 11.7. The Morgan fingerprint density at radius 2 is 2.06 bits per heavy atom. The molecule has 0 unspecified atom stereocenters. The molecule has 1 fully saturated rings. The number of fused-ring (bicyclic) bond motifs is 1. The Morgan fingerprint density at radius 3 is 2.94 bits per heavy atom. The highest BCUT2D eigenvalue weighted by molar-refractivity contribution is 5.74. The number of unbranched alkanes of at least 4 members (excludes halogenated alkanes) is 2. The molecule has 0 amide bonds. The first-order chi connectivity index (χ1) is 8.93. The monoisotopic (exact) mass is 243 g/mol. The van der Waals surface area contributed by atoms with Crippen molar-refractivity contribution in [2.75, 3.05) is 6.54 Å². The molecule has 1 heterocycles. The van der Waals surface area contributed by atoms with Gasteiger partial charge < -0.3 is 9.88 Å². The van der Waals surface area contributed by atoms with Gasteiger partial charge in [-0.25, -0.2) is 4.98 Å². The van der Waals surface area contributed by atoms with Crippen LogP contribution in [-0.2, 0) is 6.54 Å². The second-order valence-corrected chi connectivity index (χ2v) is 5.22. The molecule has 3 rings (SSSR count). The number of benzene rings is 1. The molecule has 1 aliphatic rings. The Hall–Kier alpha value is -1.35. The van der Waals surface area contributed by atoms with Crippen LogP contribution in [0.4, 0.5) is 0 Å². The second kappa shape index (κ2) is 5.53. The Bertz CT molecular complexity index is 499. The average Bonchev–Trinajstić information content (AvgIpc) is 3.14. The van der Waals surface area contributed by atoms with Crippen molar-refractivity contribution in [3.63, 3.8) is 0 Å². The van der Waals surface area contributed by atoms with Crippen molar-refractivity contribution in [3.8, 4) is 0 Å². The molecule has 2 aromatic rings. The number of aryl methyl sites for hydroxylation is 1. The molecule has 1 N–H and O–H groups in total. The van der Waals surface area contributed by atoms with Crippen molar-refractivity contribution in [1.29, 1.82) is 0 Å². The van der Waals surface area contributed by atoms with E-state index in [0.717, 1.165) is 18.1 Å². The van der Waals surface area contributed by atoms with Crippen molar-refractivity contribution in [3.05, 3.63) is 30.6 Å². The van der Waals surface area contributed by atoms with E-state index in [-0.39, 0.29) is 0 Å². The molecule has 3 nitrogen and oxygen atoms in total. The van der Waals surface area contributed by atoms with Crippen molar-refractivity contribution < 1.29 is 0 Å². The van der Waals surface area contributed by atoms with Gasteiger partial charge in [0.2, 0.25) is 0 Å². The summed E-state index contributed by atoms with van der Waals surface area (Å²) in [5, 5.41) is 3.56. The van der Waals surface area contributed by atoms with Crippen molar-refractivity contribution in [2.24, 2.45) is 0 Å². The van der Waals surface area contributed by atoms with E-state index in [1.165, 1.54) is 44.2 Å². The topological polar surface area (TPSA) is 29.9 Å². The smallest absolute Gasteiger partial charge is 0.0958 e. The van der Waals surface area contributed by atoms with E-state index in [4.69, 9.17) is 0 Å². The summed E-state index contributed by atoms with van der Waals surface area (Å²) in [7, 11) is 0. The van der Waals surface area contributed by atoms with E-state index in [1.54, 1.807) is 0 Å². The van der Waals surface area contributed by atoms with Gasteiger partial charge in [-0.05, 0) is 44.4 Å². The minimum Gasteiger partial charge on any atom is -0.331 e. The van der Waals surface area contributed by atoms with Crippen LogP contribution in [0.15, 0.2) is 30.6 Å². The highest BCUT2D eigenvalue weighted by Gasteiger charge is 2.19. The molecule has 0 atom stereocenters. The summed E-state index contributed by atoms with van der Waals surface area (Å²) in [5.74, 6) is 0. The van der Waals surface area contributed by atoms with Gasteiger partial charge in [-0.2, -0.15) is 0 Å². The van der Waals surface area contributed by atoms with E-state index in [1.807, 2.05) is 12.4 Å². The summed E-state index contributed by atoms with van der Waals surface area (Å²) >= 11 is 0. The molecule has 0 radical (unpaired) electrons. The van der Waals surface area contributed by atoms with Crippen molar-refractivity contribution in [1.82, 2.24) is 14.9 Å². The van der Waals surface area contributed by atoms with Crippen LogP contribution in [0.25, 0.3) is 11.0 Å². The minimum atomic E-state index is 0.850. The fraction of sp³-hybridized carbons (Fsp3) is 0.533. The first-order valence-electron chi connectivity index (χ1n) is 7.07. The van der Waals surface area contributed by atoms with Gasteiger partial charge >= 0.3 is 0 Å². The van der Waals surface area contributed by atoms with Gasteiger partial charge in [-0.3, -0.25) is 0 Å². The van der Waals surface area contributed by atoms with Crippen molar-refractivity contribution >= 4 is 11.0 Å². The van der Waals surface area contributed by atoms with Crippen molar-refractivity contribution in [2.45, 2.75) is 44.7 Å². The molecule has 1 aliphatic carbocycles. The summed E-state index contributed by atoms with van der Waals surface area (Å²) < 4.78 is 2.27. The largest absolute Gasteiger partial charge is 0.331 e. The Morgan fingerprint density at radius 1 is 1.17 bits per heavy atom. The number of rotatable bonds is 7. The van der Waals surface area contributed by atoms with Gasteiger partial charge in [0.15, 0.2) is 0 Å². The Labute approximate surface area is 108 Å². The van der Waals surface area contributed by atoms with Gasteiger partial charge in [-0.1, -0.05) is 18.6 Å². The molecule has 1 aromatic heterocycles. The molecule has 1 aromatic carbocycles. The predicted molar refractivity (Wildman–Crippen MR) is 74.6 cm³/mol. The first-order valence-corrected chi connectivity index (χ1v) is 7.07. The fourth-order valence-corrected chi connectivity index (χ4v) is 2.37. The number of para-hydroxylation sites is 2. The predicted octanol–water partition coefficient (Wildman–Crippen LogP) is 2.96. The number of hydrogen-bond acceptors (Lipinski definition) is 2. The Balaban J connectivity index is 1.41. The number of nitrogens with one attached hydrogen (secondary N) is 1. The quantitative estimate of drug-likeness (QED) is 0.758. The molecule has 0 bridgehead atoms. The highest BCUT2D eigenvalue weighted by Crippen LogP contribution is 2.18. The third-order valence-corrected chi connectivity index (χ3v) is 3.61. The third-order valence-electron chi connectivity index (χ3n) is 3.61. The maximum Gasteiger partial charge on any atom is 0.0958 e. The van der Waals surface area contributed by atoms with Crippen LogP contribution in [0, 0.1) is 0 Å². The van der Waals surface area contributed by atoms with Crippen LogP contribution in [0.2, 0.25) is 0 Å². The second-order valence-electron chi connectivity index (χ2n) is 5.22. The molecular weight excluding hydrogens is 222 g/mol. The molecule has 0 saturated heterocycles. The van der Waals surface area contributed by atoms with Gasteiger partial charge in [0.25, 0.3) is 0 Å². The molecule has 3 heteroatoms. The summed E-state index contributed by atoms with van der Waals surface area (Å²) in [6, 6.07) is 9.20. The lowest BCUT2D eigenvalue weighted by atomic mass is 10.2. The zero-order chi connectivity index (χ0) is 12.2. The highest BCUT2D eigenvalue weighted by atomic mass is 15.0. The lowest BCUT2D eigenvalue weighted by molar-refractivity contribution is 0.563. The summed E-state index contributed by atoms with van der Waals surface area (Å²) in [6.07, 6.45) is 8.58. The van der Waals surface area contributed by atoms with E-state index in [0.29, 0.717) is 0 Å². The van der Waals surface area contributed by atoms with E-state index in [2.05, 4.69) is 33.1 Å². The fourth-order valence-electron chi connectivity index (χ4n) is 2.37. The van der Waals surface area contributed by atoms with Gasteiger partial charge in [-0.15, -0.1) is 0 Å². The SMILES string of the molecule is c1ccc2c(c1)ncn2CCCCCNC1CC1. The maximum atomic E-state index is 4.42. The maximum absolute atomic E-state index is 4.42. The zero-order valence-corrected chi connectivity index (χ0v) is 10.8. The summed E-state index contributed by atoms with van der Waals surface area (Å²) in [4.78, 5) is 4.42. The van der Waals surface area contributed by atoms with Crippen LogP contribution in [0.5, 0.6) is 0 Å². The number of hydrogen-bond donors (Lipinski definition) is 1. The van der Waals surface area contributed by atoms with E-state index >= 15 is 0 Å². The normalized spacial score (nSPS) is 15.3. The van der Waals surface area contributed by atoms with Crippen LogP contribution >= 0.6 is 0 Å². The standard InChI is InChI=1S/C15H21N3/c1(4-10-16-13-8-9-13)5-11-18-12-17-14-6-2-3-7-15(14)18/h2-3,6-7,12-13,16H,1,4-5,8-11H2.